The first-order chi connectivity index (χ1) is 12.1. The SMILES string of the molecule is CSSC(C)(C)CNC(=O)c1cc(NC(=O)c2nc(C)cn2C)cn1C. The molecule has 26 heavy (non-hydrogen) atoms. The number of aromatic nitrogens is 3. The third-order valence-electron chi connectivity index (χ3n) is 3.68. The lowest BCUT2D eigenvalue weighted by Crippen LogP contribution is -2.36. The molecule has 0 fully saturated rings. The predicted octanol–water partition coefficient (Wildman–Crippen LogP) is 2.84. The van der Waals surface area contributed by atoms with Crippen molar-refractivity contribution >= 4 is 39.1 Å². The Morgan fingerprint density at radius 3 is 2.46 bits per heavy atom. The summed E-state index contributed by atoms with van der Waals surface area (Å²) in [4.78, 5) is 29.0. The van der Waals surface area contributed by atoms with Gasteiger partial charge in [0, 0.05) is 37.8 Å². The molecule has 0 aliphatic carbocycles. The van der Waals surface area contributed by atoms with E-state index in [0.717, 1.165) is 5.69 Å². The fourth-order valence-corrected chi connectivity index (χ4v) is 4.62. The first-order valence-corrected chi connectivity index (χ1v) is 10.7. The molecular formula is C17H25N5O2S2. The lowest BCUT2D eigenvalue weighted by atomic mass is 10.2. The normalized spacial score (nSPS) is 11.5. The molecule has 2 rings (SSSR count). The Kier molecular flexibility index (Phi) is 6.46. The fraction of sp³-hybridized carbons (Fsp3) is 0.471. The van der Waals surface area contributed by atoms with E-state index in [0.29, 0.717) is 23.8 Å². The molecule has 2 heterocycles. The maximum Gasteiger partial charge on any atom is 0.291 e. The molecule has 0 bridgehead atoms. The van der Waals surface area contributed by atoms with E-state index in [2.05, 4.69) is 29.5 Å². The van der Waals surface area contributed by atoms with Gasteiger partial charge in [-0.05, 0) is 33.1 Å². The van der Waals surface area contributed by atoms with Crippen LogP contribution in [-0.2, 0) is 14.1 Å². The van der Waals surface area contributed by atoms with Crippen molar-refractivity contribution < 1.29 is 9.59 Å². The minimum atomic E-state index is -0.310. The first kappa shape index (κ1) is 20.4. The van der Waals surface area contributed by atoms with Crippen molar-refractivity contribution in [2.45, 2.75) is 25.5 Å². The second-order valence-corrected chi connectivity index (χ2v) is 9.79. The van der Waals surface area contributed by atoms with E-state index in [9.17, 15) is 9.59 Å². The molecule has 2 amide bonds. The van der Waals surface area contributed by atoms with Gasteiger partial charge in [-0.25, -0.2) is 4.98 Å². The summed E-state index contributed by atoms with van der Waals surface area (Å²) in [6.07, 6.45) is 5.51. The van der Waals surface area contributed by atoms with Crippen LogP contribution in [0, 0.1) is 6.92 Å². The lowest BCUT2D eigenvalue weighted by Gasteiger charge is -2.22. The molecule has 2 aromatic heterocycles. The number of amides is 2. The fourth-order valence-electron chi connectivity index (χ4n) is 2.51. The minimum Gasteiger partial charge on any atom is -0.349 e. The highest BCUT2D eigenvalue weighted by Gasteiger charge is 2.21. The highest BCUT2D eigenvalue weighted by Crippen LogP contribution is 2.32. The second kappa shape index (κ2) is 8.22. The maximum atomic E-state index is 12.5. The molecule has 0 saturated carbocycles. The van der Waals surface area contributed by atoms with Crippen LogP contribution in [0.1, 0.15) is 40.6 Å². The van der Waals surface area contributed by atoms with Crippen molar-refractivity contribution in [3.8, 4) is 0 Å². The Balaban J connectivity index is 2.05. The Hall–Kier alpha value is -1.87. The summed E-state index contributed by atoms with van der Waals surface area (Å²) in [6, 6.07) is 1.66. The molecule has 0 radical (unpaired) electrons. The Labute approximate surface area is 161 Å². The summed E-state index contributed by atoms with van der Waals surface area (Å²) in [5.74, 6) is -0.153. The summed E-state index contributed by atoms with van der Waals surface area (Å²) in [6.45, 7) is 6.55. The third kappa shape index (κ3) is 5.07. The molecule has 0 aromatic carbocycles. The van der Waals surface area contributed by atoms with Crippen LogP contribution in [0.4, 0.5) is 5.69 Å². The average molecular weight is 396 g/mol. The molecule has 0 unspecified atom stereocenters. The van der Waals surface area contributed by atoms with Crippen molar-refractivity contribution in [3.05, 3.63) is 35.7 Å². The van der Waals surface area contributed by atoms with E-state index < -0.39 is 0 Å². The van der Waals surface area contributed by atoms with Crippen molar-refractivity contribution in [3.63, 3.8) is 0 Å². The van der Waals surface area contributed by atoms with Gasteiger partial charge < -0.3 is 19.8 Å². The molecule has 0 saturated heterocycles. The van der Waals surface area contributed by atoms with E-state index in [-0.39, 0.29) is 16.6 Å². The summed E-state index contributed by atoms with van der Waals surface area (Å²) < 4.78 is 3.31. The number of aryl methyl sites for hydroxylation is 3. The number of anilines is 1. The van der Waals surface area contributed by atoms with Gasteiger partial charge in [0.2, 0.25) is 0 Å². The van der Waals surface area contributed by atoms with Gasteiger partial charge in [0.15, 0.2) is 5.82 Å². The van der Waals surface area contributed by atoms with Crippen LogP contribution < -0.4 is 10.6 Å². The van der Waals surface area contributed by atoms with E-state index >= 15 is 0 Å². The van der Waals surface area contributed by atoms with Crippen LogP contribution >= 0.6 is 21.6 Å². The predicted molar refractivity (Wildman–Crippen MR) is 109 cm³/mol. The Morgan fingerprint density at radius 2 is 1.88 bits per heavy atom. The quantitative estimate of drug-likeness (QED) is 0.705. The molecule has 7 nitrogen and oxygen atoms in total. The zero-order chi connectivity index (χ0) is 19.5. The van der Waals surface area contributed by atoms with E-state index in [4.69, 9.17) is 0 Å². The topological polar surface area (TPSA) is 81.0 Å². The summed E-state index contributed by atoms with van der Waals surface area (Å²) in [5.41, 5.74) is 1.82. The van der Waals surface area contributed by atoms with Crippen molar-refractivity contribution in [1.82, 2.24) is 19.4 Å². The summed E-state index contributed by atoms with van der Waals surface area (Å²) in [5, 5.41) is 5.74. The first-order valence-electron chi connectivity index (χ1n) is 8.10. The second-order valence-electron chi connectivity index (χ2n) is 6.69. The number of nitrogens with one attached hydrogen (secondary N) is 2. The van der Waals surface area contributed by atoms with Gasteiger partial charge in [-0.1, -0.05) is 21.6 Å². The van der Waals surface area contributed by atoms with Gasteiger partial charge in [-0.2, -0.15) is 0 Å². The van der Waals surface area contributed by atoms with Gasteiger partial charge in [-0.3, -0.25) is 9.59 Å². The van der Waals surface area contributed by atoms with Crippen LogP contribution in [0.3, 0.4) is 0 Å². The molecule has 0 aliphatic rings. The Morgan fingerprint density at radius 1 is 1.19 bits per heavy atom. The molecule has 142 valence electrons. The molecule has 0 aliphatic heterocycles. The number of hydrogen-bond donors (Lipinski definition) is 2. The number of rotatable bonds is 7. The van der Waals surface area contributed by atoms with Crippen LogP contribution in [0.25, 0.3) is 0 Å². The highest BCUT2D eigenvalue weighted by molar-refractivity contribution is 8.76. The van der Waals surface area contributed by atoms with Crippen LogP contribution in [-0.4, -0.2) is 43.5 Å². The Bertz CT molecular complexity index is 810. The molecule has 0 atom stereocenters. The van der Waals surface area contributed by atoms with E-state index in [1.165, 1.54) is 0 Å². The number of imidazole rings is 1. The van der Waals surface area contributed by atoms with Crippen molar-refractivity contribution in [1.29, 1.82) is 0 Å². The molecular weight excluding hydrogens is 370 g/mol. The highest BCUT2D eigenvalue weighted by atomic mass is 33.1. The number of hydrogen-bond acceptors (Lipinski definition) is 5. The zero-order valence-electron chi connectivity index (χ0n) is 15.9. The van der Waals surface area contributed by atoms with E-state index in [1.54, 1.807) is 63.3 Å². The maximum absolute atomic E-state index is 12.5. The molecule has 0 spiro atoms. The summed E-state index contributed by atoms with van der Waals surface area (Å²) in [7, 11) is 6.94. The van der Waals surface area contributed by atoms with Crippen molar-refractivity contribution in [2.75, 3.05) is 18.1 Å². The number of nitrogens with zero attached hydrogens (tertiary/aromatic N) is 3. The van der Waals surface area contributed by atoms with Gasteiger partial charge in [-0.15, -0.1) is 0 Å². The number of carbonyl (C=O) groups is 2. The monoisotopic (exact) mass is 395 g/mol. The lowest BCUT2D eigenvalue weighted by molar-refractivity contribution is 0.0941. The summed E-state index contributed by atoms with van der Waals surface area (Å²) >= 11 is 0. The molecule has 2 aromatic rings. The largest absolute Gasteiger partial charge is 0.349 e. The zero-order valence-corrected chi connectivity index (χ0v) is 17.5. The van der Waals surface area contributed by atoms with Crippen molar-refractivity contribution in [2.24, 2.45) is 14.1 Å². The molecule has 9 heteroatoms. The minimum absolute atomic E-state index is 0.0622. The smallest absolute Gasteiger partial charge is 0.291 e. The standard InChI is InChI=1S/C17H25N5O2S2/c1-11-8-22(5)14(19-11)16(24)20-12-7-13(21(4)9-12)15(23)18-10-17(2,3)26-25-6/h7-9H,10H2,1-6H3,(H,18,23)(H,20,24). The van der Waals surface area contributed by atoms with Gasteiger partial charge in [0.1, 0.15) is 5.69 Å². The van der Waals surface area contributed by atoms with Crippen LogP contribution in [0.5, 0.6) is 0 Å². The van der Waals surface area contributed by atoms with Gasteiger partial charge in [0.05, 0.1) is 11.4 Å². The third-order valence-corrected chi connectivity index (χ3v) is 6.29. The number of carbonyl (C=O) groups excluding carboxylic acids is 2. The van der Waals surface area contributed by atoms with Gasteiger partial charge >= 0.3 is 0 Å². The van der Waals surface area contributed by atoms with E-state index in [1.807, 2.05) is 13.2 Å². The van der Waals surface area contributed by atoms with Crippen LogP contribution in [0.2, 0.25) is 0 Å². The van der Waals surface area contributed by atoms with Gasteiger partial charge in [0.25, 0.3) is 11.8 Å². The molecule has 2 N–H and O–H groups in total. The van der Waals surface area contributed by atoms with Crippen LogP contribution in [0.15, 0.2) is 18.5 Å². The average Bonchev–Trinajstić information content (AvgIpc) is 3.06.